The number of rotatable bonds is 16. The topological polar surface area (TPSA) is 58.2 Å². The lowest BCUT2D eigenvalue weighted by Crippen LogP contribution is -2.39. The standard InChI is InChI=1S/C28H50N2O2/c1-3-5-7-9-11-13-19-29-27(31)25-17-15-24-22-26(18-16-23(24)21-25)28(32)30-20-14-12-10-8-6-4-2/h15,17,23-26H,3-14,16,18-22H2,1-2H3,(H,29,31)(H,30,32)/t23?,24?,25?,26-/m0/s1. The van der Waals surface area contributed by atoms with Crippen LogP contribution in [0.4, 0.5) is 0 Å². The second-order valence-corrected chi connectivity index (χ2v) is 10.3. The van der Waals surface area contributed by atoms with Gasteiger partial charge in [-0.3, -0.25) is 9.59 Å². The molecular weight excluding hydrogens is 396 g/mol. The zero-order valence-corrected chi connectivity index (χ0v) is 21.0. The lowest BCUT2D eigenvalue weighted by atomic mass is 9.67. The highest BCUT2D eigenvalue weighted by Crippen LogP contribution is 2.41. The van der Waals surface area contributed by atoms with Crippen LogP contribution in [0.25, 0.3) is 0 Å². The van der Waals surface area contributed by atoms with Crippen molar-refractivity contribution in [2.75, 3.05) is 13.1 Å². The molecular formula is C28H50N2O2. The van der Waals surface area contributed by atoms with Crippen LogP contribution in [-0.4, -0.2) is 24.9 Å². The number of carbonyl (C=O) groups excluding carboxylic acids is 2. The van der Waals surface area contributed by atoms with Crippen molar-refractivity contribution in [1.29, 1.82) is 0 Å². The van der Waals surface area contributed by atoms with Gasteiger partial charge in [0.25, 0.3) is 0 Å². The van der Waals surface area contributed by atoms with Crippen LogP contribution in [0.1, 0.15) is 117 Å². The van der Waals surface area contributed by atoms with Crippen LogP contribution >= 0.6 is 0 Å². The maximum atomic E-state index is 12.6. The third-order valence-electron chi connectivity index (χ3n) is 7.56. The molecule has 0 aliphatic heterocycles. The van der Waals surface area contributed by atoms with Crippen LogP contribution in [0, 0.1) is 23.7 Å². The van der Waals surface area contributed by atoms with Gasteiger partial charge in [-0.2, -0.15) is 0 Å². The van der Waals surface area contributed by atoms with Crippen molar-refractivity contribution in [2.24, 2.45) is 23.7 Å². The van der Waals surface area contributed by atoms with Gasteiger partial charge >= 0.3 is 0 Å². The molecule has 0 aromatic heterocycles. The van der Waals surface area contributed by atoms with Crippen molar-refractivity contribution in [3.8, 4) is 0 Å². The molecule has 2 aliphatic carbocycles. The van der Waals surface area contributed by atoms with Crippen molar-refractivity contribution in [2.45, 2.75) is 117 Å². The Labute approximate surface area is 197 Å². The minimum atomic E-state index is 0.0226. The zero-order valence-electron chi connectivity index (χ0n) is 21.0. The molecule has 0 bridgehead atoms. The second-order valence-electron chi connectivity index (χ2n) is 10.3. The second kappa shape index (κ2) is 16.3. The first-order chi connectivity index (χ1) is 15.7. The highest BCUT2D eigenvalue weighted by molar-refractivity contribution is 5.81. The summed E-state index contributed by atoms with van der Waals surface area (Å²) in [6, 6.07) is 0. The predicted octanol–water partition coefficient (Wildman–Crippen LogP) is 6.55. The molecule has 0 spiro atoms. The normalized spacial score (nSPS) is 24.7. The Morgan fingerprint density at radius 2 is 1.25 bits per heavy atom. The van der Waals surface area contributed by atoms with Gasteiger partial charge in [0, 0.05) is 19.0 Å². The van der Waals surface area contributed by atoms with Crippen LogP contribution < -0.4 is 10.6 Å². The summed E-state index contributed by atoms with van der Waals surface area (Å²) >= 11 is 0. The van der Waals surface area contributed by atoms with Gasteiger partial charge in [-0.15, -0.1) is 0 Å². The Bertz CT molecular complexity index is 560. The van der Waals surface area contributed by atoms with E-state index in [4.69, 9.17) is 0 Å². The Morgan fingerprint density at radius 1 is 0.688 bits per heavy atom. The van der Waals surface area contributed by atoms with E-state index in [0.29, 0.717) is 11.8 Å². The Morgan fingerprint density at radius 3 is 1.88 bits per heavy atom. The minimum Gasteiger partial charge on any atom is -0.356 e. The van der Waals surface area contributed by atoms with Gasteiger partial charge in [-0.05, 0) is 50.4 Å². The Balaban J connectivity index is 1.61. The molecule has 2 N–H and O–H groups in total. The quantitative estimate of drug-likeness (QED) is 0.209. The molecule has 0 radical (unpaired) electrons. The molecule has 1 fully saturated rings. The summed E-state index contributed by atoms with van der Waals surface area (Å²) in [6.07, 6.45) is 23.4. The number of nitrogens with one attached hydrogen (secondary N) is 2. The van der Waals surface area contributed by atoms with Gasteiger partial charge < -0.3 is 10.6 Å². The molecule has 184 valence electrons. The highest BCUT2D eigenvalue weighted by Gasteiger charge is 2.36. The molecule has 32 heavy (non-hydrogen) atoms. The van der Waals surface area contributed by atoms with E-state index in [1.807, 2.05) is 0 Å². The molecule has 2 aliphatic rings. The van der Waals surface area contributed by atoms with Crippen molar-refractivity contribution >= 4 is 11.8 Å². The first-order valence-electron chi connectivity index (χ1n) is 13.9. The maximum Gasteiger partial charge on any atom is 0.226 e. The Hall–Kier alpha value is -1.32. The smallest absolute Gasteiger partial charge is 0.226 e. The van der Waals surface area contributed by atoms with Crippen LogP contribution in [0.15, 0.2) is 12.2 Å². The number of unbranched alkanes of at least 4 members (excludes halogenated alkanes) is 10. The minimum absolute atomic E-state index is 0.0226. The van der Waals surface area contributed by atoms with Crippen molar-refractivity contribution in [1.82, 2.24) is 10.6 Å². The summed E-state index contributed by atoms with van der Waals surface area (Å²) in [5.74, 6) is 1.66. The van der Waals surface area contributed by atoms with Crippen LogP contribution in [0.5, 0.6) is 0 Å². The summed E-state index contributed by atoms with van der Waals surface area (Å²) in [7, 11) is 0. The molecule has 0 saturated heterocycles. The molecule has 4 heteroatoms. The van der Waals surface area contributed by atoms with E-state index in [2.05, 4.69) is 36.6 Å². The third kappa shape index (κ3) is 10.1. The summed E-state index contributed by atoms with van der Waals surface area (Å²) < 4.78 is 0. The maximum absolute atomic E-state index is 12.6. The summed E-state index contributed by atoms with van der Waals surface area (Å²) in [5, 5.41) is 6.34. The third-order valence-corrected chi connectivity index (χ3v) is 7.56. The highest BCUT2D eigenvalue weighted by atomic mass is 16.2. The largest absolute Gasteiger partial charge is 0.356 e. The summed E-state index contributed by atoms with van der Waals surface area (Å²) in [6.45, 7) is 6.11. The molecule has 4 nitrogen and oxygen atoms in total. The fourth-order valence-corrected chi connectivity index (χ4v) is 5.42. The van der Waals surface area contributed by atoms with Crippen LogP contribution in [-0.2, 0) is 9.59 Å². The number of hydrogen-bond donors (Lipinski definition) is 2. The molecule has 3 unspecified atom stereocenters. The van der Waals surface area contributed by atoms with Gasteiger partial charge in [0.05, 0.1) is 5.92 Å². The first-order valence-corrected chi connectivity index (χ1v) is 13.9. The van der Waals surface area contributed by atoms with Crippen molar-refractivity contribution in [3.05, 3.63) is 12.2 Å². The van der Waals surface area contributed by atoms with Crippen molar-refractivity contribution in [3.63, 3.8) is 0 Å². The van der Waals surface area contributed by atoms with E-state index in [1.54, 1.807) is 0 Å². The SMILES string of the molecule is CCCCCCCCNC(=O)C1C=CC2C[C@@H](C(=O)NCCCCCCCC)CCC2C1. The summed E-state index contributed by atoms with van der Waals surface area (Å²) in [4.78, 5) is 25.2. The van der Waals surface area contributed by atoms with E-state index in [9.17, 15) is 9.59 Å². The monoisotopic (exact) mass is 446 g/mol. The fraction of sp³-hybridized carbons (Fsp3) is 0.857. The Kier molecular flexibility index (Phi) is 13.7. The van der Waals surface area contributed by atoms with Crippen molar-refractivity contribution < 1.29 is 9.59 Å². The van der Waals surface area contributed by atoms with E-state index in [-0.39, 0.29) is 23.7 Å². The van der Waals surface area contributed by atoms with E-state index >= 15 is 0 Å². The molecule has 4 atom stereocenters. The average Bonchev–Trinajstić information content (AvgIpc) is 2.82. The molecule has 2 rings (SSSR count). The van der Waals surface area contributed by atoms with Gasteiger partial charge in [0.15, 0.2) is 0 Å². The average molecular weight is 447 g/mol. The van der Waals surface area contributed by atoms with Gasteiger partial charge in [-0.25, -0.2) is 0 Å². The lowest BCUT2D eigenvalue weighted by Gasteiger charge is -2.38. The van der Waals surface area contributed by atoms with E-state index in [0.717, 1.165) is 51.6 Å². The number of carbonyl (C=O) groups is 2. The molecule has 0 heterocycles. The first kappa shape index (κ1) is 26.9. The van der Waals surface area contributed by atoms with Gasteiger partial charge in [0.1, 0.15) is 0 Å². The number of amides is 2. The fourth-order valence-electron chi connectivity index (χ4n) is 5.42. The predicted molar refractivity (Wildman–Crippen MR) is 134 cm³/mol. The van der Waals surface area contributed by atoms with E-state index < -0.39 is 0 Å². The molecule has 1 saturated carbocycles. The number of hydrogen-bond acceptors (Lipinski definition) is 2. The summed E-state index contributed by atoms with van der Waals surface area (Å²) in [5.41, 5.74) is 0. The van der Waals surface area contributed by atoms with E-state index in [1.165, 1.54) is 64.2 Å². The van der Waals surface area contributed by atoms with Crippen LogP contribution in [0.3, 0.4) is 0 Å². The molecule has 0 aromatic carbocycles. The number of fused-ring (bicyclic) bond motifs is 1. The van der Waals surface area contributed by atoms with Gasteiger partial charge in [-0.1, -0.05) is 90.2 Å². The van der Waals surface area contributed by atoms with Gasteiger partial charge in [0.2, 0.25) is 11.8 Å². The molecule has 2 amide bonds. The van der Waals surface area contributed by atoms with Crippen LogP contribution in [0.2, 0.25) is 0 Å². The zero-order chi connectivity index (χ0) is 23.0. The lowest BCUT2D eigenvalue weighted by molar-refractivity contribution is -0.128. The molecule has 0 aromatic rings. The number of allylic oxidation sites excluding steroid dienone is 1.